The van der Waals surface area contributed by atoms with E-state index in [9.17, 15) is 9.59 Å². The number of carbonyl (C=O) groups excluding carboxylic acids is 1. The van der Waals surface area contributed by atoms with Gasteiger partial charge in [0, 0.05) is 24.1 Å². The zero-order chi connectivity index (χ0) is 21.1. The van der Waals surface area contributed by atoms with Crippen molar-refractivity contribution >= 4 is 40.1 Å². The van der Waals surface area contributed by atoms with E-state index in [0.717, 1.165) is 0 Å². The Morgan fingerprint density at radius 1 is 1.21 bits per heavy atom. The molecule has 8 nitrogen and oxygen atoms in total. The van der Waals surface area contributed by atoms with Crippen molar-refractivity contribution in [2.75, 3.05) is 14.2 Å². The second-order valence-electron chi connectivity index (χ2n) is 5.89. The summed E-state index contributed by atoms with van der Waals surface area (Å²) in [6, 6.07) is 2.90. The van der Waals surface area contributed by atoms with Crippen LogP contribution >= 0.6 is 23.2 Å². The van der Waals surface area contributed by atoms with Crippen LogP contribution in [-0.2, 0) is 11.2 Å². The topological polar surface area (TPSA) is 120 Å². The van der Waals surface area contributed by atoms with E-state index >= 15 is 0 Å². The molecule has 1 amide bonds. The Labute approximate surface area is 175 Å². The molecule has 10 heteroatoms. The molecule has 0 aliphatic heterocycles. The van der Waals surface area contributed by atoms with Crippen LogP contribution in [0.15, 0.2) is 35.3 Å². The summed E-state index contributed by atoms with van der Waals surface area (Å²) < 4.78 is 10.5. The van der Waals surface area contributed by atoms with Crippen LogP contribution in [-0.4, -0.2) is 35.1 Å². The van der Waals surface area contributed by atoms with Crippen LogP contribution in [0.25, 0.3) is 22.3 Å². The van der Waals surface area contributed by atoms with Crippen molar-refractivity contribution in [3.63, 3.8) is 0 Å². The maximum absolute atomic E-state index is 12.7. The van der Waals surface area contributed by atoms with Crippen LogP contribution in [0.3, 0.4) is 0 Å². The second kappa shape index (κ2) is 8.50. The molecule has 0 aliphatic carbocycles. The number of hydrogen-bond donors (Lipinski definition) is 2. The third-order valence-corrected chi connectivity index (χ3v) is 4.79. The summed E-state index contributed by atoms with van der Waals surface area (Å²) >= 11 is 12.9. The van der Waals surface area contributed by atoms with Gasteiger partial charge in [-0.2, -0.15) is 0 Å². The lowest BCUT2D eigenvalue weighted by atomic mass is 10.1. The van der Waals surface area contributed by atoms with Gasteiger partial charge in [0.05, 0.1) is 41.7 Å². The first kappa shape index (κ1) is 20.6. The van der Waals surface area contributed by atoms with E-state index in [2.05, 4.69) is 15.0 Å². The van der Waals surface area contributed by atoms with E-state index in [4.69, 9.17) is 38.4 Å². The minimum Gasteiger partial charge on any atom is -0.495 e. The lowest BCUT2D eigenvalue weighted by Crippen LogP contribution is -2.09. The molecule has 0 fully saturated rings. The third-order valence-electron chi connectivity index (χ3n) is 4.04. The number of allylic oxidation sites excluding steroid dienone is 1. The molecule has 0 spiro atoms. The number of nitrogens with zero attached hydrogens (tertiary/aromatic N) is 2. The van der Waals surface area contributed by atoms with Crippen molar-refractivity contribution in [2.24, 2.45) is 5.73 Å². The average Bonchev–Trinajstić information content (AvgIpc) is 2.68. The van der Waals surface area contributed by atoms with Gasteiger partial charge in [0.25, 0.3) is 0 Å². The number of amides is 1. The fourth-order valence-corrected chi connectivity index (χ4v) is 3.42. The number of carbonyl (C=O) groups is 1. The van der Waals surface area contributed by atoms with Crippen LogP contribution in [0, 0.1) is 0 Å². The highest BCUT2D eigenvalue weighted by Crippen LogP contribution is 2.45. The first-order valence-corrected chi connectivity index (χ1v) is 9.06. The van der Waals surface area contributed by atoms with Crippen molar-refractivity contribution in [3.05, 3.63) is 56.6 Å². The minimum absolute atomic E-state index is 0.188. The molecule has 0 aliphatic rings. The maximum atomic E-state index is 12.7. The highest BCUT2D eigenvalue weighted by Gasteiger charge is 2.20. The molecular formula is C19H16Cl2N4O4. The number of methoxy groups -OCH3 is 2. The third kappa shape index (κ3) is 4.18. The fourth-order valence-electron chi connectivity index (χ4n) is 2.71. The molecule has 0 unspecified atom stereocenters. The average molecular weight is 435 g/mol. The highest BCUT2D eigenvalue weighted by molar-refractivity contribution is 6.41. The molecular weight excluding hydrogens is 419 g/mol. The second-order valence-corrected chi connectivity index (χ2v) is 6.64. The Bertz CT molecular complexity index is 1160. The largest absolute Gasteiger partial charge is 0.495 e. The van der Waals surface area contributed by atoms with E-state index in [1.165, 1.54) is 38.6 Å². The van der Waals surface area contributed by atoms with Crippen LogP contribution in [0.1, 0.15) is 5.82 Å². The summed E-state index contributed by atoms with van der Waals surface area (Å²) in [5.74, 6) is 0.483. The van der Waals surface area contributed by atoms with Crippen LogP contribution in [0.2, 0.25) is 10.0 Å². The Hall–Kier alpha value is -3.10. The van der Waals surface area contributed by atoms with Gasteiger partial charge in [-0.15, -0.1) is 0 Å². The number of primary amides is 1. The Balaban J connectivity index is 2.14. The van der Waals surface area contributed by atoms with Gasteiger partial charge < -0.3 is 20.2 Å². The van der Waals surface area contributed by atoms with Crippen molar-refractivity contribution in [1.82, 2.24) is 15.0 Å². The van der Waals surface area contributed by atoms with Crippen molar-refractivity contribution in [2.45, 2.75) is 6.42 Å². The number of rotatable bonds is 6. The molecule has 0 bridgehead atoms. The predicted octanol–water partition coefficient (Wildman–Crippen LogP) is 2.89. The predicted molar refractivity (Wildman–Crippen MR) is 111 cm³/mol. The SMILES string of the molecule is COc1cc(OC)c(Cl)c(-c2cc(=O)c3nc(CC=CC(N)=O)ncc3[nH]2)c1Cl. The number of aromatic nitrogens is 3. The highest BCUT2D eigenvalue weighted by atomic mass is 35.5. The standard InChI is InChI=1S/C19H16Cl2N4O4/c1-28-12-7-13(29-2)18(21)16(17(12)20)9-6-11(26)19-10(24-9)8-23-15(25-19)5-3-4-14(22)27/h3-4,6-8H,5H2,1-2H3,(H2,22,27)(H,24,26). The molecule has 0 saturated carbocycles. The number of pyridine rings is 1. The lowest BCUT2D eigenvalue weighted by Gasteiger charge is -2.15. The van der Waals surface area contributed by atoms with E-state index in [-0.39, 0.29) is 27.4 Å². The monoisotopic (exact) mass is 434 g/mol. The molecule has 0 radical (unpaired) electrons. The first-order valence-electron chi connectivity index (χ1n) is 8.31. The van der Waals surface area contributed by atoms with E-state index in [1.807, 2.05) is 0 Å². The van der Waals surface area contributed by atoms with Gasteiger partial charge in [0.2, 0.25) is 11.3 Å². The zero-order valence-corrected chi connectivity index (χ0v) is 17.0. The van der Waals surface area contributed by atoms with Crippen molar-refractivity contribution in [3.8, 4) is 22.8 Å². The molecule has 0 atom stereocenters. The Kier molecular flexibility index (Phi) is 6.05. The lowest BCUT2D eigenvalue weighted by molar-refractivity contribution is -0.113. The maximum Gasteiger partial charge on any atom is 0.241 e. The number of nitrogens with one attached hydrogen (secondary N) is 1. The Morgan fingerprint density at radius 3 is 2.45 bits per heavy atom. The van der Waals surface area contributed by atoms with Crippen LogP contribution < -0.4 is 20.6 Å². The number of ether oxygens (including phenoxy) is 2. The van der Waals surface area contributed by atoms with Gasteiger partial charge in [0.1, 0.15) is 22.8 Å². The van der Waals surface area contributed by atoms with Gasteiger partial charge in [-0.3, -0.25) is 9.59 Å². The molecule has 29 heavy (non-hydrogen) atoms. The summed E-state index contributed by atoms with van der Waals surface area (Å²) in [6.45, 7) is 0. The molecule has 3 N–H and O–H groups in total. The minimum atomic E-state index is -0.573. The van der Waals surface area contributed by atoms with Gasteiger partial charge in [-0.1, -0.05) is 29.3 Å². The molecule has 3 aromatic rings. The summed E-state index contributed by atoms with van der Waals surface area (Å²) in [5, 5.41) is 0.449. The van der Waals surface area contributed by atoms with Gasteiger partial charge in [0.15, 0.2) is 0 Å². The summed E-state index contributed by atoms with van der Waals surface area (Å²) in [5.41, 5.74) is 5.99. The zero-order valence-electron chi connectivity index (χ0n) is 15.5. The van der Waals surface area contributed by atoms with Gasteiger partial charge >= 0.3 is 0 Å². The van der Waals surface area contributed by atoms with Crippen molar-refractivity contribution in [1.29, 1.82) is 0 Å². The quantitative estimate of drug-likeness (QED) is 0.575. The normalized spacial score (nSPS) is 11.2. The number of benzene rings is 1. The van der Waals surface area contributed by atoms with E-state index in [1.54, 1.807) is 6.07 Å². The fraction of sp³-hybridized carbons (Fsp3) is 0.158. The number of halogens is 2. The molecule has 150 valence electrons. The summed E-state index contributed by atoms with van der Waals surface area (Å²) in [6.07, 6.45) is 4.46. The van der Waals surface area contributed by atoms with E-state index < -0.39 is 5.91 Å². The smallest absolute Gasteiger partial charge is 0.241 e. The number of fused-ring (bicyclic) bond motifs is 1. The van der Waals surface area contributed by atoms with Crippen LogP contribution in [0.5, 0.6) is 11.5 Å². The molecule has 3 rings (SSSR count). The molecule has 2 aromatic heterocycles. The summed E-state index contributed by atoms with van der Waals surface area (Å²) in [4.78, 5) is 35.0. The molecule has 1 aromatic carbocycles. The Morgan fingerprint density at radius 2 is 1.86 bits per heavy atom. The number of H-pyrrole nitrogens is 1. The van der Waals surface area contributed by atoms with E-state index in [0.29, 0.717) is 34.1 Å². The van der Waals surface area contributed by atoms with Crippen LogP contribution in [0.4, 0.5) is 0 Å². The first-order chi connectivity index (χ1) is 13.8. The van der Waals surface area contributed by atoms with Crippen molar-refractivity contribution < 1.29 is 14.3 Å². The molecule has 2 heterocycles. The number of hydrogen-bond acceptors (Lipinski definition) is 6. The van der Waals surface area contributed by atoms with Gasteiger partial charge in [-0.05, 0) is 6.08 Å². The number of aromatic amines is 1. The number of nitrogens with two attached hydrogens (primary N) is 1. The summed E-state index contributed by atoms with van der Waals surface area (Å²) in [7, 11) is 2.92. The van der Waals surface area contributed by atoms with Gasteiger partial charge in [-0.25, -0.2) is 9.97 Å². The molecule has 0 saturated heterocycles.